The topological polar surface area (TPSA) is 97.6 Å². The molecule has 4 aromatic rings. The summed E-state index contributed by atoms with van der Waals surface area (Å²) in [5.74, 6) is 0.571. The number of amides is 1. The van der Waals surface area contributed by atoms with Crippen molar-refractivity contribution in [2.45, 2.75) is 37.8 Å². The van der Waals surface area contributed by atoms with Crippen molar-refractivity contribution in [2.24, 2.45) is 7.05 Å². The van der Waals surface area contributed by atoms with Crippen LogP contribution in [0, 0.1) is 0 Å². The van der Waals surface area contributed by atoms with Crippen molar-refractivity contribution in [3.05, 3.63) is 42.4 Å². The summed E-state index contributed by atoms with van der Waals surface area (Å²) in [5, 5.41) is 12.5. The van der Waals surface area contributed by atoms with Crippen LogP contribution >= 0.6 is 0 Å². The van der Waals surface area contributed by atoms with Crippen molar-refractivity contribution in [2.75, 3.05) is 5.32 Å². The number of carbonyl (C=O) groups is 1. The molecule has 6 rings (SSSR count). The number of nitrogens with zero attached hydrogens (tertiary/aromatic N) is 5. The lowest BCUT2D eigenvalue weighted by molar-refractivity contribution is 0.0951. The molecule has 2 N–H and O–H groups in total. The van der Waals surface area contributed by atoms with Gasteiger partial charge in [-0.25, -0.2) is 15.0 Å². The van der Waals surface area contributed by atoms with Crippen molar-refractivity contribution < 1.29 is 4.79 Å². The number of rotatable bonds is 5. The van der Waals surface area contributed by atoms with E-state index in [1.807, 2.05) is 37.6 Å². The van der Waals surface area contributed by atoms with Gasteiger partial charge in [0.05, 0.1) is 11.7 Å². The Morgan fingerprint density at radius 3 is 2.63 bits per heavy atom. The first-order chi connectivity index (χ1) is 14.6. The van der Waals surface area contributed by atoms with E-state index in [1.165, 1.54) is 0 Å². The van der Waals surface area contributed by atoms with E-state index in [-0.39, 0.29) is 5.91 Å². The molecule has 2 saturated carbocycles. The minimum atomic E-state index is -0.0514. The monoisotopic (exact) mass is 399 g/mol. The lowest BCUT2D eigenvalue weighted by Gasteiger charge is -2.11. The van der Waals surface area contributed by atoms with Crippen molar-refractivity contribution in [1.82, 2.24) is 30.0 Å². The fourth-order valence-corrected chi connectivity index (χ4v) is 3.65. The lowest BCUT2D eigenvalue weighted by Crippen LogP contribution is -2.25. The van der Waals surface area contributed by atoms with E-state index in [4.69, 9.17) is 9.97 Å². The van der Waals surface area contributed by atoms with E-state index in [1.54, 1.807) is 10.9 Å². The molecule has 30 heavy (non-hydrogen) atoms. The second-order valence-electron chi connectivity index (χ2n) is 8.22. The molecular weight excluding hydrogens is 378 g/mol. The highest BCUT2D eigenvalue weighted by Gasteiger charge is 2.25. The molecule has 0 radical (unpaired) electrons. The van der Waals surface area contributed by atoms with Gasteiger partial charge in [0.2, 0.25) is 5.95 Å². The first kappa shape index (κ1) is 17.3. The van der Waals surface area contributed by atoms with E-state index in [0.717, 1.165) is 58.7 Å². The zero-order chi connectivity index (χ0) is 20.2. The highest BCUT2D eigenvalue weighted by Crippen LogP contribution is 2.32. The summed E-state index contributed by atoms with van der Waals surface area (Å²) < 4.78 is 1.75. The van der Waals surface area contributed by atoms with E-state index >= 15 is 0 Å². The molecule has 150 valence electrons. The van der Waals surface area contributed by atoms with Gasteiger partial charge in [-0.05, 0) is 37.8 Å². The molecule has 3 heterocycles. The minimum absolute atomic E-state index is 0.0514. The van der Waals surface area contributed by atoms with E-state index in [2.05, 4.69) is 20.7 Å². The summed E-state index contributed by atoms with van der Waals surface area (Å²) in [7, 11) is 1.88. The van der Waals surface area contributed by atoms with Gasteiger partial charge in [0, 0.05) is 53.4 Å². The number of pyridine rings is 1. The highest BCUT2D eigenvalue weighted by atomic mass is 16.1. The van der Waals surface area contributed by atoms with E-state index in [0.29, 0.717) is 23.6 Å². The van der Waals surface area contributed by atoms with Crippen LogP contribution in [-0.2, 0) is 7.05 Å². The van der Waals surface area contributed by atoms with Crippen molar-refractivity contribution >= 4 is 33.7 Å². The van der Waals surface area contributed by atoms with Gasteiger partial charge in [-0.3, -0.25) is 9.48 Å². The summed E-state index contributed by atoms with van der Waals surface area (Å²) in [6.07, 6.45) is 9.97. The lowest BCUT2D eigenvalue weighted by atomic mass is 10.0. The number of aryl methyl sites for hydroxylation is 1. The van der Waals surface area contributed by atoms with Crippen LogP contribution in [0.4, 0.5) is 5.95 Å². The summed E-state index contributed by atoms with van der Waals surface area (Å²) in [6, 6.07) is 6.42. The number of hydrogen-bond donors (Lipinski definition) is 2. The standard InChI is InChI=1S/C22H21N7O/c1-29-11-13(9-24-29)19-20-17(10-23-22(28-20)26-15-5-6-15)16-7-2-12(8-18(16)27-19)21(30)25-14-3-4-14/h2,7-11,14-15H,3-6H2,1H3,(H,25,30)(H,23,26,28). The number of hydrogen-bond acceptors (Lipinski definition) is 6. The van der Waals surface area contributed by atoms with Gasteiger partial charge in [-0.2, -0.15) is 5.10 Å². The molecule has 3 aromatic heterocycles. The number of nitrogens with one attached hydrogen (secondary N) is 2. The number of benzene rings is 1. The Balaban J connectivity index is 1.53. The summed E-state index contributed by atoms with van der Waals surface area (Å²) in [5.41, 5.74) is 3.77. The number of aromatic nitrogens is 5. The second-order valence-corrected chi connectivity index (χ2v) is 8.22. The quantitative estimate of drug-likeness (QED) is 0.501. The molecule has 8 nitrogen and oxygen atoms in total. The van der Waals surface area contributed by atoms with Gasteiger partial charge in [-0.15, -0.1) is 0 Å². The van der Waals surface area contributed by atoms with Crippen LogP contribution in [0.25, 0.3) is 33.1 Å². The number of anilines is 1. The Labute approximate surface area is 172 Å². The Bertz CT molecular complexity index is 1300. The third-order valence-electron chi connectivity index (χ3n) is 5.60. The molecule has 2 aliphatic rings. The average molecular weight is 399 g/mol. The molecule has 0 bridgehead atoms. The maximum absolute atomic E-state index is 12.5. The maximum atomic E-state index is 12.5. The molecule has 2 fully saturated rings. The van der Waals surface area contributed by atoms with Gasteiger partial charge in [-0.1, -0.05) is 6.07 Å². The molecule has 0 spiro atoms. The van der Waals surface area contributed by atoms with Gasteiger partial charge >= 0.3 is 0 Å². The summed E-state index contributed by atoms with van der Waals surface area (Å²) in [6.45, 7) is 0. The fraction of sp³-hybridized carbons (Fsp3) is 0.318. The van der Waals surface area contributed by atoms with Crippen molar-refractivity contribution in [3.63, 3.8) is 0 Å². The predicted octanol–water partition coefficient (Wildman–Crippen LogP) is 3.05. The van der Waals surface area contributed by atoms with Gasteiger partial charge in [0.1, 0.15) is 11.2 Å². The molecule has 1 aromatic carbocycles. The molecule has 0 aliphatic heterocycles. The van der Waals surface area contributed by atoms with E-state index in [9.17, 15) is 4.79 Å². The fourth-order valence-electron chi connectivity index (χ4n) is 3.65. The molecule has 8 heteroatoms. The molecule has 1 amide bonds. The molecule has 0 atom stereocenters. The average Bonchev–Trinajstić information content (AvgIpc) is 3.68. The van der Waals surface area contributed by atoms with E-state index < -0.39 is 0 Å². The van der Waals surface area contributed by atoms with Gasteiger partial charge < -0.3 is 10.6 Å². The Morgan fingerprint density at radius 1 is 1.07 bits per heavy atom. The molecule has 2 aliphatic carbocycles. The largest absolute Gasteiger partial charge is 0.351 e. The smallest absolute Gasteiger partial charge is 0.251 e. The normalized spacial score (nSPS) is 16.2. The minimum Gasteiger partial charge on any atom is -0.351 e. The predicted molar refractivity (Wildman–Crippen MR) is 114 cm³/mol. The first-order valence-corrected chi connectivity index (χ1v) is 10.3. The van der Waals surface area contributed by atoms with Crippen LogP contribution in [0.3, 0.4) is 0 Å². The Kier molecular flexibility index (Phi) is 3.74. The van der Waals surface area contributed by atoms with Crippen LogP contribution in [0.2, 0.25) is 0 Å². The van der Waals surface area contributed by atoms with Gasteiger partial charge in [0.25, 0.3) is 5.91 Å². The number of fused-ring (bicyclic) bond motifs is 3. The maximum Gasteiger partial charge on any atom is 0.251 e. The summed E-state index contributed by atoms with van der Waals surface area (Å²) in [4.78, 5) is 26.8. The molecular formula is C22H21N7O. The SMILES string of the molecule is Cn1cc(-c2nc3cc(C(=O)NC4CC4)ccc3c3cnc(NC4CC4)nc23)cn1. The van der Waals surface area contributed by atoms with Crippen molar-refractivity contribution in [1.29, 1.82) is 0 Å². The van der Waals surface area contributed by atoms with Crippen LogP contribution in [0.5, 0.6) is 0 Å². The van der Waals surface area contributed by atoms with Gasteiger partial charge in [0.15, 0.2) is 0 Å². The van der Waals surface area contributed by atoms with Crippen LogP contribution in [0.15, 0.2) is 36.8 Å². The zero-order valence-electron chi connectivity index (χ0n) is 16.6. The molecule has 0 unspecified atom stereocenters. The Morgan fingerprint density at radius 2 is 1.90 bits per heavy atom. The van der Waals surface area contributed by atoms with Crippen LogP contribution < -0.4 is 10.6 Å². The first-order valence-electron chi connectivity index (χ1n) is 10.3. The highest BCUT2D eigenvalue weighted by molar-refractivity contribution is 6.10. The third-order valence-corrected chi connectivity index (χ3v) is 5.60. The van der Waals surface area contributed by atoms with Crippen molar-refractivity contribution in [3.8, 4) is 11.3 Å². The Hall–Kier alpha value is -3.55. The second kappa shape index (κ2) is 6.48. The van der Waals surface area contributed by atoms with Crippen LogP contribution in [-0.4, -0.2) is 42.7 Å². The van der Waals surface area contributed by atoms with Crippen LogP contribution in [0.1, 0.15) is 36.0 Å². The molecule has 0 saturated heterocycles. The zero-order valence-corrected chi connectivity index (χ0v) is 16.6. The number of carbonyl (C=O) groups excluding carboxylic acids is 1. The third kappa shape index (κ3) is 3.14. The summed E-state index contributed by atoms with van der Waals surface area (Å²) >= 11 is 0.